The Morgan fingerprint density at radius 1 is 1.00 bits per heavy atom. The fraction of sp³-hybridized carbons (Fsp3) is 0.500. The lowest BCUT2D eigenvalue weighted by molar-refractivity contribution is -0.268. The molecule has 0 spiro atoms. The second kappa shape index (κ2) is 5.11. The Balaban J connectivity index is 2.06. The van der Waals surface area contributed by atoms with E-state index in [2.05, 4.69) is 0 Å². The van der Waals surface area contributed by atoms with Gasteiger partial charge in [-0.2, -0.15) is 0 Å². The fourth-order valence-corrected chi connectivity index (χ4v) is 1.77. The molecule has 1 heterocycles. The van der Waals surface area contributed by atoms with Crippen LogP contribution >= 0.6 is 0 Å². The van der Waals surface area contributed by atoms with Crippen molar-refractivity contribution in [1.82, 2.24) is 0 Å². The maximum atomic E-state index is 9.73. The summed E-state index contributed by atoms with van der Waals surface area (Å²) in [5.41, 5.74) is 0. The van der Waals surface area contributed by atoms with Crippen molar-refractivity contribution in [1.29, 1.82) is 0 Å². The van der Waals surface area contributed by atoms with E-state index >= 15 is 0 Å². The van der Waals surface area contributed by atoms with Crippen molar-refractivity contribution in [3.63, 3.8) is 0 Å². The summed E-state index contributed by atoms with van der Waals surface area (Å²) in [6.07, 6.45) is -5.53. The molecule has 1 aliphatic rings. The van der Waals surface area contributed by atoms with Crippen LogP contribution in [0.5, 0.6) is 11.5 Å². The van der Waals surface area contributed by atoms with Crippen molar-refractivity contribution in [2.45, 2.75) is 37.6 Å². The quantitative estimate of drug-likeness (QED) is 0.574. The lowest BCUT2D eigenvalue weighted by atomic mass is 10.00. The van der Waals surface area contributed by atoms with Crippen molar-refractivity contribution < 1.29 is 29.9 Å². The van der Waals surface area contributed by atoms with E-state index in [0.717, 1.165) is 0 Å². The molecule has 1 aromatic rings. The van der Waals surface area contributed by atoms with Crippen LogP contribution in [0, 0.1) is 0 Å². The summed E-state index contributed by atoms with van der Waals surface area (Å²) < 4.78 is 10.6. The van der Waals surface area contributed by atoms with Crippen LogP contribution in [0.4, 0.5) is 0 Å². The molecule has 0 aliphatic carbocycles. The van der Waals surface area contributed by atoms with E-state index in [1.165, 1.54) is 24.3 Å². The number of phenols is 1. The van der Waals surface area contributed by atoms with Crippen molar-refractivity contribution in [3.05, 3.63) is 24.3 Å². The van der Waals surface area contributed by atoms with Gasteiger partial charge < -0.3 is 29.9 Å². The molecule has 0 unspecified atom stereocenters. The van der Waals surface area contributed by atoms with Crippen LogP contribution in [0.15, 0.2) is 24.3 Å². The first-order valence-electron chi connectivity index (χ1n) is 5.64. The zero-order valence-corrected chi connectivity index (χ0v) is 9.80. The van der Waals surface area contributed by atoms with Gasteiger partial charge in [-0.3, -0.25) is 0 Å². The van der Waals surface area contributed by atoms with Gasteiger partial charge in [0, 0.05) is 0 Å². The zero-order chi connectivity index (χ0) is 13.3. The van der Waals surface area contributed by atoms with E-state index < -0.39 is 30.7 Å². The maximum absolute atomic E-state index is 9.73. The fourth-order valence-electron chi connectivity index (χ4n) is 1.77. The number of phenolic OH excluding ortho intramolecular Hbond substituents is 1. The average molecular weight is 256 g/mol. The number of ether oxygens (including phenoxy) is 2. The molecule has 0 aromatic heterocycles. The van der Waals surface area contributed by atoms with Gasteiger partial charge in [0.05, 0.1) is 6.10 Å². The smallest absolute Gasteiger partial charge is 0.229 e. The second-order valence-corrected chi connectivity index (χ2v) is 4.29. The lowest BCUT2D eigenvalue weighted by Gasteiger charge is -2.38. The van der Waals surface area contributed by atoms with Crippen LogP contribution in [-0.2, 0) is 4.74 Å². The predicted molar refractivity (Wildman–Crippen MR) is 61.1 cm³/mol. The topological polar surface area (TPSA) is 99.4 Å². The Morgan fingerprint density at radius 3 is 2.22 bits per heavy atom. The first-order chi connectivity index (χ1) is 8.49. The third-order valence-electron chi connectivity index (χ3n) is 2.90. The number of aromatic hydroxyl groups is 1. The summed E-state index contributed by atoms with van der Waals surface area (Å²) in [6.45, 7) is 1.58. The molecule has 0 saturated carbocycles. The number of rotatable bonds is 2. The highest BCUT2D eigenvalue weighted by atomic mass is 16.7. The van der Waals surface area contributed by atoms with Gasteiger partial charge in [0.2, 0.25) is 6.29 Å². The van der Waals surface area contributed by atoms with E-state index in [1.54, 1.807) is 6.92 Å². The summed E-state index contributed by atoms with van der Waals surface area (Å²) >= 11 is 0. The molecule has 100 valence electrons. The summed E-state index contributed by atoms with van der Waals surface area (Å²) in [4.78, 5) is 0. The Kier molecular flexibility index (Phi) is 3.72. The lowest BCUT2D eigenvalue weighted by Crippen LogP contribution is -2.58. The molecular weight excluding hydrogens is 240 g/mol. The number of aliphatic hydroxyl groups excluding tert-OH is 3. The van der Waals surface area contributed by atoms with Gasteiger partial charge in [-0.05, 0) is 31.2 Å². The highest BCUT2D eigenvalue weighted by molar-refractivity contribution is 5.30. The van der Waals surface area contributed by atoms with Gasteiger partial charge in [0.15, 0.2) is 0 Å². The largest absolute Gasteiger partial charge is 0.508 e. The minimum Gasteiger partial charge on any atom is -0.508 e. The first-order valence-corrected chi connectivity index (χ1v) is 5.64. The minimum absolute atomic E-state index is 0.0938. The number of hydrogen-bond donors (Lipinski definition) is 4. The van der Waals surface area contributed by atoms with E-state index in [9.17, 15) is 15.3 Å². The SMILES string of the molecule is C[C@@H]1O[C@@H](Oc2ccc(O)cc2)[C@H](O)[C@H](O)[C@@H]1O. The van der Waals surface area contributed by atoms with Crippen molar-refractivity contribution in [2.75, 3.05) is 0 Å². The van der Waals surface area contributed by atoms with E-state index in [0.29, 0.717) is 5.75 Å². The second-order valence-electron chi connectivity index (χ2n) is 4.29. The Hall–Kier alpha value is -1.34. The Morgan fingerprint density at radius 2 is 1.61 bits per heavy atom. The standard InChI is InChI=1S/C12H16O6/c1-6-9(14)10(15)11(16)12(17-6)18-8-4-2-7(13)3-5-8/h2-6,9-16H,1H3/t6-,9+,10+,11+,12-/m0/s1. The molecule has 0 bridgehead atoms. The maximum Gasteiger partial charge on any atom is 0.229 e. The van der Waals surface area contributed by atoms with Crippen LogP contribution < -0.4 is 4.74 Å². The summed E-state index contributed by atoms with van der Waals surface area (Å²) in [5.74, 6) is 0.476. The molecule has 1 aromatic carbocycles. The van der Waals surface area contributed by atoms with Crippen molar-refractivity contribution >= 4 is 0 Å². The molecule has 6 heteroatoms. The zero-order valence-electron chi connectivity index (χ0n) is 9.80. The molecule has 1 saturated heterocycles. The van der Waals surface area contributed by atoms with Crippen LogP contribution in [0.1, 0.15) is 6.92 Å². The number of aliphatic hydroxyl groups is 3. The number of hydrogen-bond acceptors (Lipinski definition) is 6. The van der Waals surface area contributed by atoms with Crippen LogP contribution in [-0.4, -0.2) is 51.1 Å². The summed E-state index contributed by atoms with van der Waals surface area (Å²) in [7, 11) is 0. The summed E-state index contributed by atoms with van der Waals surface area (Å²) in [5, 5.41) is 38.0. The van der Waals surface area contributed by atoms with E-state index in [-0.39, 0.29) is 5.75 Å². The van der Waals surface area contributed by atoms with E-state index in [4.69, 9.17) is 14.6 Å². The van der Waals surface area contributed by atoms with Crippen LogP contribution in [0.3, 0.4) is 0 Å². The van der Waals surface area contributed by atoms with Gasteiger partial charge in [-0.25, -0.2) is 0 Å². The van der Waals surface area contributed by atoms with Gasteiger partial charge in [-0.1, -0.05) is 0 Å². The van der Waals surface area contributed by atoms with Crippen LogP contribution in [0.2, 0.25) is 0 Å². The normalized spacial score (nSPS) is 36.3. The molecule has 1 fully saturated rings. The molecule has 6 nitrogen and oxygen atoms in total. The third kappa shape index (κ3) is 2.56. The third-order valence-corrected chi connectivity index (χ3v) is 2.90. The van der Waals surface area contributed by atoms with Crippen LogP contribution in [0.25, 0.3) is 0 Å². The molecule has 0 amide bonds. The van der Waals surface area contributed by atoms with Gasteiger partial charge in [0.25, 0.3) is 0 Å². The van der Waals surface area contributed by atoms with Gasteiger partial charge in [-0.15, -0.1) is 0 Å². The monoisotopic (exact) mass is 256 g/mol. The van der Waals surface area contributed by atoms with Crippen molar-refractivity contribution in [2.24, 2.45) is 0 Å². The molecule has 1 aliphatic heterocycles. The highest BCUT2D eigenvalue weighted by Gasteiger charge is 2.43. The van der Waals surface area contributed by atoms with Gasteiger partial charge in [0.1, 0.15) is 29.8 Å². The highest BCUT2D eigenvalue weighted by Crippen LogP contribution is 2.25. The summed E-state index contributed by atoms with van der Waals surface area (Å²) in [6, 6.07) is 5.87. The number of benzene rings is 1. The average Bonchev–Trinajstić information content (AvgIpc) is 2.36. The molecule has 18 heavy (non-hydrogen) atoms. The molecule has 0 radical (unpaired) electrons. The Bertz CT molecular complexity index is 392. The molecule has 4 N–H and O–H groups in total. The molecule has 5 atom stereocenters. The molecular formula is C12H16O6. The first kappa shape index (κ1) is 13.1. The molecule has 2 rings (SSSR count). The predicted octanol–water partition coefficient (Wildman–Crippen LogP) is -0.402. The van der Waals surface area contributed by atoms with E-state index in [1.807, 2.05) is 0 Å². The Labute approximate surface area is 104 Å². The van der Waals surface area contributed by atoms with Gasteiger partial charge >= 0.3 is 0 Å². The minimum atomic E-state index is -1.34. The van der Waals surface area contributed by atoms with Crippen molar-refractivity contribution in [3.8, 4) is 11.5 Å².